The molecular weight excluding hydrogens is 630 g/mol. The zero-order valence-electron chi connectivity index (χ0n) is 24.6. The van der Waals surface area contributed by atoms with Crippen molar-refractivity contribution in [2.75, 3.05) is 0 Å². The third-order valence-electron chi connectivity index (χ3n) is 8.11. The molecule has 0 spiro atoms. The second-order valence-electron chi connectivity index (χ2n) is 10.7. The Kier molecular flexibility index (Phi) is 8.93. The molecule has 8 rings (SSSR count). The van der Waals surface area contributed by atoms with Crippen molar-refractivity contribution in [3.63, 3.8) is 0 Å². The second kappa shape index (κ2) is 13.0. The van der Waals surface area contributed by atoms with Gasteiger partial charge < -0.3 is 20.4 Å². The van der Waals surface area contributed by atoms with Crippen LogP contribution in [0.5, 0.6) is 23.0 Å². The maximum atomic E-state index is 12.5. The van der Waals surface area contributed by atoms with Gasteiger partial charge >= 0.3 is 58.2 Å². The van der Waals surface area contributed by atoms with Crippen molar-refractivity contribution in [3.05, 3.63) is 146 Å². The first kappa shape index (κ1) is 30.8. The Bertz CT molecular complexity index is 2010. The van der Waals surface area contributed by atoms with E-state index in [1.165, 1.54) is 0 Å². The van der Waals surface area contributed by atoms with Gasteiger partial charge in [0.05, 0.1) is 0 Å². The largest absolute Gasteiger partial charge is 1.00 e. The Balaban J connectivity index is 0.000000155. The van der Waals surface area contributed by atoms with Crippen LogP contribution in [0.2, 0.25) is 0 Å². The van der Waals surface area contributed by atoms with E-state index in [4.69, 9.17) is 0 Å². The molecule has 8 aromatic rings. The number of hydrogen-bond acceptors (Lipinski definition) is 4. The van der Waals surface area contributed by atoms with Crippen molar-refractivity contribution >= 4 is 43.1 Å². The summed E-state index contributed by atoms with van der Waals surface area (Å²) in [4.78, 5) is 0. The summed E-state index contributed by atoms with van der Waals surface area (Å²) in [5, 5.41) is 51.4. The Labute approximate surface area is 309 Å². The summed E-state index contributed by atoms with van der Waals surface area (Å²) in [6.07, 6.45) is 0. The van der Waals surface area contributed by atoms with E-state index in [0.717, 1.165) is 43.1 Å². The predicted octanol–water partition coefficient (Wildman–Crippen LogP) is 6.51. The molecule has 0 aliphatic heterocycles. The number of fused-ring (bicyclic) bond motifs is 4. The molecule has 0 radical (unpaired) electrons. The zero-order valence-corrected chi connectivity index (χ0v) is 29.5. The SMILES string of the molecule is Oc1ccc2ccccc2c1-c1c(O)ccc2ccccc12.[O-]c1ccc2ccccc2c1-c1c(O)ccc2ccccc12.[Rb+]. The molecule has 0 saturated carbocycles. The van der Waals surface area contributed by atoms with Crippen LogP contribution in [0.15, 0.2) is 146 Å². The van der Waals surface area contributed by atoms with E-state index in [9.17, 15) is 20.4 Å². The van der Waals surface area contributed by atoms with E-state index in [-0.39, 0.29) is 81.2 Å². The zero-order chi connectivity index (χ0) is 30.2. The van der Waals surface area contributed by atoms with Gasteiger partial charge in [-0.15, -0.1) is 5.75 Å². The van der Waals surface area contributed by atoms with E-state index in [0.29, 0.717) is 22.3 Å². The molecule has 0 aliphatic carbocycles. The van der Waals surface area contributed by atoms with E-state index in [1.54, 1.807) is 24.3 Å². The third kappa shape index (κ3) is 5.71. The van der Waals surface area contributed by atoms with Gasteiger partial charge in [0.15, 0.2) is 0 Å². The third-order valence-corrected chi connectivity index (χ3v) is 8.11. The van der Waals surface area contributed by atoms with E-state index >= 15 is 0 Å². The van der Waals surface area contributed by atoms with Gasteiger partial charge in [0.25, 0.3) is 0 Å². The molecule has 0 bridgehead atoms. The molecule has 0 unspecified atom stereocenters. The molecule has 8 aromatic carbocycles. The van der Waals surface area contributed by atoms with E-state index in [2.05, 4.69) is 0 Å². The van der Waals surface area contributed by atoms with E-state index < -0.39 is 0 Å². The van der Waals surface area contributed by atoms with Gasteiger partial charge in [-0.05, 0) is 66.9 Å². The van der Waals surface area contributed by atoms with Crippen LogP contribution in [0.4, 0.5) is 0 Å². The summed E-state index contributed by atoms with van der Waals surface area (Å²) in [5.74, 6) is 0.396. The smallest absolute Gasteiger partial charge is 0.872 e. The Morgan fingerprint density at radius 3 is 0.933 bits per heavy atom. The van der Waals surface area contributed by atoms with Crippen LogP contribution in [-0.4, -0.2) is 15.3 Å². The van der Waals surface area contributed by atoms with Crippen LogP contribution in [0.3, 0.4) is 0 Å². The molecule has 0 atom stereocenters. The number of phenols is 3. The van der Waals surface area contributed by atoms with Crippen molar-refractivity contribution in [1.82, 2.24) is 0 Å². The Morgan fingerprint density at radius 1 is 0.311 bits per heavy atom. The molecular formula is C40H27O4Rb. The molecule has 5 heteroatoms. The quantitative estimate of drug-likeness (QED) is 0.198. The molecule has 4 nitrogen and oxygen atoms in total. The predicted molar refractivity (Wildman–Crippen MR) is 178 cm³/mol. The first-order valence-electron chi connectivity index (χ1n) is 14.3. The van der Waals surface area contributed by atoms with Gasteiger partial charge in [-0.25, -0.2) is 0 Å². The van der Waals surface area contributed by atoms with Gasteiger partial charge in [-0.2, -0.15) is 0 Å². The van der Waals surface area contributed by atoms with Crippen molar-refractivity contribution in [3.8, 4) is 45.3 Å². The van der Waals surface area contributed by atoms with Crippen LogP contribution in [0, 0.1) is 0 Å². The molecule has 0 saturated heterocycles. The number of hydrogen-bond donors (Lipinski definition) is 3. The second-order valence-corrected chi connectivity index (χ2v) is 10.7. The van der Waals surface area contributed by atoms with Crippen LogP contribution in [-0.2, 0) is 0 Å². The first-order valence-corrected chi connectivity index (χ1v) is 14.3. The van der Waals surface area contributed by atoms with Gasteiger partial charge in [-0.1, -0.05) is 127 Å². The van der Waals surface area contributed by atoms with Crippen molar-refractivity contribution in [2.24, 2.45) is 0 Å². The first-order chi connectivity index (χ1) is 21.5. The van der Waals surface area contributed by atoms with Crippen LogP contribution in [0.1, 0.15) is 0 Å². The fourth-order valence-corrected chi connectivity index (χ4v) is 6.08. The summed E-state index contributed by atoms with van der Waals surface area (Å²) in [7, 11) is 0. The van der Waals surface area contributed by atoms with Crippen LogP contribution >= 0.6 is 0 Å². The van der Waals surface area contributed by atoms with Crippen molar-refractivity contribution < 1.29 is 78.6 Å². The topological polar surface area (TPSA) is 83.8 Å². The molecule has 45 heavy (non-hydrogen) atoms. The molecule has 0 amide bonds. The summed E-state index contributed by atoms with van der Waals surface area (Å²) in [5.41, 5.74) is 2.52. The standard InChI is InChI=1S/2C20H14O2.Rb/c2*21-17-11-9-13-5-1-3-7-15(13)19(17)20-16-8-4-2-6-14(16)10-12-18(20)22;/h2*1-12,21-22H;/q;;+1/p-1. The van der Waals surface area contributed by atoms with Crippen LogP contribution in [0.25, 0.3) is 65.3 Å². The fourth-order valence-electron chi connectivity index (χ4n) is 6.08. The normalized spacial score (nSPS) is 10.8. The minimum atomic E-state index is -0.0784. The van der Waals surface area contributed by atoms with Gasteiger partial charge in [0.2, 0.25) is 0 Å². The summed E-state index contributed by atoms with van der Waals surface area (Å²) in [6, 6.07) is 45.3. The average Bonchev–Trinajstić information content (AvgIpc) is 3.06. The molecule has 0 aromatic heterocycles. The Hall–Kier alpha value is -4.19. The molecule has 0 heterocycles. The summed E-state index contributed by atoms with van der Waals surface area (Å²) in [6.45, 7) is 0. The minimum Gasteiger partial charge on any atom is -0.872 e. The number of benzene rings is 8. The molecule has 0 aliphatic rings. The monoisotopic (exact) mass is 656 g/mol. The van der Waals surface area contributed by atoms with Gasteiger partial charge in [-0.3, -0.25) is 0 Å². The Morgan fingerprint density at radius 2 is 0.578 bits per heavy atom. The number of rotatable bonds is 2. The van der Waals surface area contributed by atoms with E-state index in [1.807, 2.05) is 121 Å². The van der Waals surface area contributed by atoms with Gasteiger partial charge in [0, 0.05) is 16.7 Å². The summed E-state index contributed by atoms with van der Waals surface area (Å²) < 4.78 is 0. The minimum absolute atomic E-state index is 0. The molecule has 212 valence electrons. The fraction of sp³-hybridized carbons (Fsp3) is 0. The van der Waals surface area contributed by atoms with Gasteiger partial charge in [0.1, 0.15) is 17.2 Å². The maximum Gasteiger partial charge on any atom is 1.00 e. The maximum absolute atomic E-state index is 12.5. The van der Waals surface area contributed by atoms with Crippen molar-refractivity contribution in [2.45, 2.75) is 0 Å². The van der Waals surface area contributed by atoms with Crippen molar-refractivity contribution in [1.29, 1.82) is 0 Å². The number of aromatic hydroxyl groups is 3. The molecule has 3 N–H and O–H groups in total. The summed E-state index contributed by atoms with van der Waals surface area (Å²) >= 11 is 0. The molecule has 0 fully saturated rings. The number of phenolic OH excluding ortho intramolecular Hbond substituents is 3. The average molecular weight is 657 g/mol. The van der Waals surface area contributed by atoms with Crippen LogP contribution < -0.4 is 63.3 Å².